The topological polar surface area (TPSA) is 59.5 Å². The van der Waals surface area contributed by atoms with Crippen molar-refractivity contribution >= 4 is 22.4 Å². The first kappa shape index (κ1) is 22.8. The Kier molecular flexibility index (Phi) is 6.81. The van der Waals surface area contributed by atoms with Crippen molar-refractivity contribution in [3.05, 3.63) is 48.0 Å². The molecule has 1 aliphatic carbocycles. The molecule has 180 valence electrons. The van der Waals surface area contributed by atoms with E-state index in [0.717, 1.165) is 41.4 Å². The van der Waals surface area contributed by atoms with Gasteiger partial charge in [0, 0.05) is 30.2 Å². The van der Waals surface area contributed by atoms with E-state index in [-0.39, 0.29) is 5.82 Å². The molecule has 2 unspecified atom stereocenters. The minimum Gasteiger partial charge on any atom is -0.493 e. The van der Waals surface area contributed by atoms with Crippen LogP contribution in [-0.4, -0.2) is 48.2 Å². The summed E-state index contributed by atoms with van der Waals surface area (Å²) in [6.07, 6.45) is 8.09. The van der Waals surface area contributed by atoms with Crippen LogP contribution in [0.2, 0.25) is 0 Å². The first-order chi connectivity index (χ1) is 16.6. The summed E-state index contributed by atoms with van der Waals surface area (Å²) in [5.74, 6) is 3.62. The van der Waals surface area contributed by atoms with Crippen molar-refractivity contribution < 1.29 is 13.9 Å². The van der Waals surface area contributed by atoms with Crippen LogP contribution in [0.5, 0.6) is 11.5 Å². The van der Waals surface area contributed by atoms with Crippen LogP contribution in [0.25, 0.3) is 10.9 Å². The van der Waals surface area contributed by atoms with Crippen molar-refractivity contribution in [3.63, 3.8) is 0 Å². The minimum atomic E-state index is -0.230. The summed E-state index contributed by atoms with van der Waals surface area (Å²) < 4.78 is 25.4. The summed E-state index contributed by atoms with van der Waals surface area (Å²) in [6.45, 7) is 5.90. The van der Waals surface area contributed by atoms with Crippen LogP contribution in [0.15, 0.2) is 36.7 Å². The van der Waals surface area contributed by atoms with E-state index in [0.29, 0.717) is 29.5 Å². The Labute approximate surface area is 200 Å². The van der Waals surface area contributed by atoms with Crippen molar-refractivity contribution in [3.8, 4) is 11.5 Å². The number of hydrogen-bond acceptors (Lipinski definition) is 6. The van der Waals surface area contributed by atoms with E-state index in [1.165, 1.54) is 51.2 Å². The maximum atomic E-state index is 13.7. The van der Waals surface area contributed by atoms with E-state index < -0.39 is 0 Å². The first-order valence-corrected chi connectivity index (χ1v) is 12.3. The van der Waals surface area contributed by atoms with Gasteiger partial charge in [0.05, 0.1) is 19.2 Å². The summed E-state index contributed by atoms with van der Waals surface area (Å²) >= 11 is 0. The van der Waals surface area contributed by atoms with E-state index in [1.807, 2.05) is 12.1 Å². The zero-order valence-corrected chi connectivity index (χ0v) is 20.0. The number of nitrogens with one attached hydrogen (secondary N) is 1. The fourth-order valence-corrected chi connectivity index (χ4v) is 5.47. The number of piperidine rings is 1. The molecular weight excluding hydrogens is 431 g/mol. The summed E-state index contributed by atoms with van der Waals surface area (Å²) in [4.78, 5) is 11.4. The molecule has 2 aromatic carbocycles. The molecule has 0 spiro atoms. The van der Waals surface area contributed by atoms with Crippen LogP contribution in [0.4, 0.5) is 15.9 Å². The van der Waals surface area contributed by atoms with Gasteiger partial charge >= 0.3 is 0 Å². The van der Waals surface area contributed by atoms with E-state index >= 15 is 0 Å². The number of benzene rings is 2. The average Bonchev–Trinajstić information content (AvgIpc) is 3.32. The number of rotatable bonds is 8. The van der Waals surface area contributed by atoms with Gasteiger partial charge < -0.3 is 19.7 Å². The summed E-state index contributed by atoms with van der Waals surface area (Å²) in [5.41, 5.74) is 2.09. The molecule has 2 fully saturated rings. The second kappa shape index (κ2) is 10.1. The lowest BCUT2D eigenvalue weighted by molar-refractivity contribution is 0.130. The second-order valence-electron chi connectivity index (χ2n) is 9.57. The normalized spacial score (nSPS) is 20.3. The van der Waals surface area contributed by atoms with Gasteiger partial charge in [0.25, 0.3) is 0 Å². The number of ether oxygens (including phenoxy) is 2. The highest BCUT2D eigenvalue weighted by Gasteiger charge is 2.32. The van der Waals surface area contributed by atoms with Crippen LogP contribution >= 0.6 is 0 Å². The van der Waals surface area contributed by atoms with Gasteiger partial charge in [-0.15, -0.1) is 0 Å². The van der Waals surface area contributed by atoms with Crippen molar-refractivity contribution in [2.45, 2.75) is 39.0 Å². The lowest BCUT2D eigenvalue weighted by Crippen LogP contribution is -2.39. The molecule has 2 heterocycles. The SMILES string of the molecule is COc1cc2ncnc(Nc3ccc(F)c(C)c3)c2cc1OCCCN1CCC2CCCC2C1. The van der Waals surface area contributed by atoms with Crippen molar-refractivity contribution in [2.75, 3.05) is 38.7 Å². The minimum absolute atomic E-state index is 0.230. The van der Waals surface area contributed by atoms with Gasteiger partial charge in [-0.05, 0) is 74.4 Å². The van der Waals surface area contributed by atoms with Crippen LogP contribution in [-0.2, 0) is 0 Å². The lowest BCUT2D eigenvalue weighted by atomic mass is 9.89. The number of hydrogen-bond donors (Lipinski definition) is 1. The molecule has 2 aliphatic rings. The Balaban J connectivity index is 1.26. The van der Waals surface area contributed by atoms with E-state index in [9.17, 15) is 4.39 Å². The van der Waals surface area contributed by atoms with Crippen molar-refractivity contribution in [1.29, 1.82) is 0 Å². The number of methoxy groups -OCH3 is 1. The van der Waals surface area contributed by atoms with Crippen molar-refractivity contribution in [2.24, 2.45) is 11.8 Å². The summed E-state index contributed by atoms with van der Waals surface area (Å²) in [5, 5.41) is 4.11. The number of aromatic nitrogens is 2. The van der Waals surface area contributed by atoms with Gasteiger partial charge in [0.2, 0.25) is 0 Å². The third-order valence-corrected chi connectivity index (χ3v) is 7.34. The molecule has 1 aromatic heterocycles. The molecule has 1 saturated heterocycles. The number of likely N-dealkylation sites (tertiary alicyclic amines) is 1. The molecule has 1 aliphatic heterocycles. The molecule has 0 radical (unpaired) electrons. The van der Waals surface area contributed by atoms with Gasteiger partial charge in [0.1, 0.15) is 18.0 Å². The Morgan fingerprint density at radius 1 is 1.09 bits per heavy atom. The maximum Gasteiger partial charge on any atom is 0.162 e. The van der Waals surface area contributed by atoms with Crippen molar-refractivity contribution in [1.82, 2.24) is 14.9 Å². The fraction of sp³-hybridized carbons (Fsp3) is 0.481. The largest absolute Gasteiger partial charge is 0.493 e. The van der Waals surface area contributed by atoms with Gasteiger partial charge in [-0.3, -0.25) is 0 Å². The number of halogens is 1. The van der Waals surface area contributed by atoms with Gasteiger partial charge in [0.15, 0.2) is 11.5 Å². The zero-order valence-electron chi connectivity index (χ0n) is 20.0. The summed E-state index contributed by atoms with van der Waals surface area (Å²) in [6, 6.07) is 8.72. The van der Waals surface area contributed by atoms with Crippen LogP contribution in [0.1, 0.15) is 37.7 Å². The Morgan fingerprint density at radius 3 is 2.82 bits per heavy atom. The van der Waals surface area contributed by atoms with E-state index in [1.54, 1.807) is 26.2 Å². The maximum absolute atomic E-state index is 13.7. The second-order valence-corrected chi connectivity index (χ2v) is 9.57. The Bertz CT molecular complexity index is 1150. The molecule has 0 amide bonds. The molecule has 1 saturated carbocycles. The molecule has 6 nitrogen and oxygen atoms in total. The zero-order chi connectivity index (χ0) is 23.5. The number of nitrogens with zero attached hydrogens (tertiary/aromatic N) is 3. The van der Waals surface area contributed by atoms with Crippen LogP contribution in [0, 0.1) is 24.6 Å². The van der Waals surface area contributed by atoms with Crippen LogP contribution < -0.4 is 14.8 Å². The van der Waals surface area contributed by atoms with Gasteiger partial charge in [-0.25, -0.2) is 14.4 Å². The highest BCUT2D eigenvalue weighted by atomic mass is 19.1. The highest BCUT2D eigenvalue weighted by Crippen LogP contribution is 2.38. The number of anilines is 2. The molecule has 1 N–H and O–H groups in total. The standard InChI is InChI=1S/C27H33FN4O2/c1-18-13-21(7-8-23(18)28)31-27-22-14-26(25(33-2)15-24(22)29-17-30-27)34-12-4-10-32-11-9-19-5-3-6-20(19)16-32/h7-8,13-15,17,19-20H,3-6,9-12,16H2,1-2H3,(H,29,30,31). The molecule has 2 atom stereocenters. The highest BCUT2D eigenvalue weighted by molar-refractivity contribution is 5.93. The monoisotopic (exact) mass is 464 g/mol. The van der Waals surface area contributed by atoms with Crippen LogP contribution in [0.3, 0.4) is 0 Å². The predicted molar refractivity (Wildman–Crippen MR) is 133 cm³/mol. The molecular formula is C27H33FN4O2. The predicted octanol–water partition coefficient (Wildman–Crippen LogP) is 5.72. The Morgan fingerprint density at radius 2 is 1.97 bits per heavy atom. The number of fused-ring (bicyclic) bond motifs is 2. The lowest BCUT2D eigenvalue weighted by Gasteiger charge is -2.35. The fourth-order valence-electron chi connectivity index (χ4n) is 5.47. The van der Waals surface area contributed by atoms with E-state index in [4.69, 9.17) is 9.47 Å². The third kappa shape index (κ3) is 4.94. The quantitative estimate of drug-likeness (QED) is 0.430. The van der Waals surface area contributed by atoms with E-state index in [2.05, 4.69) is 20.2 Å². The molecule has 5 rings (SSSR count). The Hall–Kier alpha value is -2.93. The molecule has 3 aromatic rings. The van der Waals surface area contributed by atoms with Gasteiger partial charge in [-0.1, -0.05) is 12.8 Å². The summed E-state index contributed by atoms with van der Waals surface area (Å²) in [7, 11) is 1.64. The number of aryl methyl sites for hydroxylation is 1. The molecule has 34 heavy (non-hydrogen) atoms. The van der Waals surface area contributed by atoms with Gasteiger partial charge in [-0.2, -0.15) is 0 Å². The smallest absolute Gasteiger partial charge is 0.162 e. The molecule has 7 heteroatoms. The first-order valence-electron chi connectivity index (χ1n) is 12.3. The average molecular weight is 465 g/mol. The third-order valence-electron chi connectivity index (χ3n) is 7.34. The molecule has 0 bridgehead atoms.